The van der Waals surface area contributed by atoms with E-state index in [0.717, 1.165) is 12.3 Å². The molecule has 0 atom stereocenters. The van der Waals surface area contributed by atoms with Gasteiger partial charge in [-0.3, -0.25) is 0 Å². The van der Waals surface area contributed by atoms with Gasteiger partial charge in [0.05, 0.1) is 0 Å². The maximum Gasteiger partial charge on any atom is -0.0162 e. The molecule has 0 amide bonds. The topological polar surface area (TPSA) is 0 Å². The van der Waals surface area contributed by atoms with E-state index in [-0.39, 0.29) is 0 Å². The summed E-state index contributed by atoms with van der Waals surface area (Å²) < 4.78 is 0. The molecule has 0 unspecified atom stereocenters. The largest absolute Gasteiger partial charge is 0.0588 e. The highest BCUT2D eigenvalue weighted by atomic mass is 14.2. The zero-order valence-electron chi connectivity index (χ0n) is 9.54. The van der Waals surface area contributed by atoms with E-state index in [1.165, 1.54) is 44.1 Å². The van der Waals surface area contributed by atoms with E-state index in [4.69, 9.17) is 0 Å². The molecule has 81 valence electrons. The first-order valence-corrected chi connectivity index (χ1v) is 6.28. The number of benzene rings is 1. The minimum atomic E-state index is 0.854. The summed E-state index contributed by atoms with van der Waals surface area (Å²) in [5.41, 5.74) is 3.03. The van der Waals surface area contributed by atoms with Crippen molar-refractivity contribution in [3.63, 3.8) is 0 Å². The highest BCUT2D eigenvalue weighted by Crippen LogP contribution is 2.33. The second-order valence-corrected chi connectivity index (χ2v) is 4.68. The van der Waals surface area contributed by atoms with E-state index in [1.54, 1.807) is 5.56 Å². The average Bonchev–Trinajstić information content (AvgIpc) is 2.80. The first-order valence-electron chi connectivity index (χ1n) is 6.28. The van der Waals surface area contributed by atoms with Crippen molar-refractivity contribution in [2.45, 2.75) is 50.9 Å². The van der Waals surface area contributed by atoms with E-state index in [0.29, 0.717) is 0 Å². The Bertz CT molecular complexity index is 277. The molecule has 0 heterocycles. The van der Waals surface area contributed by atoms with Gasteiger partial charge in [-0.1, -0.05) is 50.5 Å². The maximum atomic E-state index is 3.88. The van der Waals surface area contributed by atoms with Crippen molar-refractivity contribution in [2.24, 2.45) is 0 Å². The van der Waals surface area contributed by atoms with Gasteiger partial charge in [0.2, 0.25) is 0 Å². The van der Waals surface area contributed by atoms with Crippen molar-refractivity contribution in [2.75, 3.05) is 0 Å². The molecule has 1 radical (unpaired) electrons. The van der Waals surface area contributed by atoms with Crippen LogP contribution in [0.5, 0.6) is 0 Å². The van der Waals surface area contributed by atoms with Crippen LogP contribution in [0.25, 0.3) is 0 Å². The molecule has 2 rings (SSSR count). The molecule has 1 saturated carbocycles. The van der Waals surface area contributed by atoms with Gasteiger partial charge in [0.1, 0.15) is 0 Å². The Balaban J connectivity index is 1.96. The molecule has 0 N–H and O–H groups in total. The normalized spacial score (nSPS) is 17.1. The summed E-state index contributed by atoms with van der Waals surface area (Å²) in [5, 5.41) is 0. The summed E-state index contributed by atoms with van der Waals surface area (Å²) in [6.45, 7) is 3.88. The van der Waals surface area contributed by atoms with E-state index in [2.05, 4.69) is 31.2 Å². The number of aryl methyl sites for hydroxylation is 1. The fourth-order valence-corrected chi connectivity index (χ4v) is 2.54. The molecule has 0 aliphatic heterocycles. The fraction of sp³-hybridized carbons (Fsp3) is 0.533. The van der Waals surface area contributed by atoms with Gasteiger partial charge in [0.25, 0.3) is 0 Å². The smallest absolute Gasteiger partial charge is 0.0162 e. The fourth-order valence-electron chi connectivity index (χ4n) is 2.54. The summed E-state index contributed by atoms with van der Waals surface area (Å²) in [4.78, 5) is 0. The van der Waals surface area contributed by atoms with E-state index < -0.39 is 0 Å². The summed E-state index contributed by atoms with van der Waals surface area (Å²) in [7, 11) is 0. The Morgan fingerprint density at radius 3 is 2.33 bits per heavy atom. The predicted molar refractivity (Wildman–Crippen MR) is 65.9 cm³/mol. The second-order valence-electron chi connectivity index (χ2n) is 4.68. The van der Waals surface area contributed by atoms with Gasteiger partial charge >= 0.3 is 0 Å². The third-order valence-electron chi connectivity index (χ3n) is 3.52. The lowest BCUT2D eigenvalue weighted by molar-refractivity contribution is 0.722. The molecule has 0 saturated heterocycles. The number of rotatable bonds is 4. The Morgan fingerprint density at radius 2 is 1.73 bits per heavy atom. The molecule has 0 bridgehead atoms. The van der Waals surface area contributed by atoms with Crippen molar-refractivity contribution in [1.29, 1.82) is 0 Å². The minimum absolute atomic E-state index is 0.854. The zero-order chi connectivity index (χ0) is 10.5. The summed E-state index contributed by atoms with van der Waals surface area (Å²) in [6.07, 6.45) is 9.10. The lowest BCUT2D eigenvalue weighted by Crippen LogP contribution is -1.92. The summed E-state index contributed by atoms with van der Waals surface area (Å²) >= 11 is 0. The minimum Gasteiger partial charge on any atom is -0.0588 e. The van der Waals surface area contributed by atoms with Gasteiger partial charge in [-0.15, -0.1) is 0 Å². The van der Waals surface area contributed by atoms with Crippen LogP contribution in [0, 0.1) is 6.92 Å². The highest BCUT2D eigenvalue weighted by Gasteiger charge is 2.16. The molecule has 0 nitrogen and oxygen atoms in total. The first-order chi connectivity index (χ1) is 7.40. The summed E-state index contributed by atoms with van der Waals surface area (Å²) in [5.74, 6) is 0.854. The predicted octanol–water partition coefficient (Wildman–Crippen LogP) is 4.50. The third kappa shape index (κ3) is 2.84. The maximum absolute atomic E-state index is 3.88. The van der Waals surface area contributed by atoms with Crippen molar-refractivity contribution >= 4 is 0 Å². The molecule has 1 aromatic carbocycles. The standard InChI is InChI=1S/C15H21/c1-2-3-6-13-9-11-15(12-10-13)14-7-4-5-8-14/h9-12,14H,1-8H2. The summed E-state index contributed by atoms with van der Waals surface area (Å²) in [6, 6.07) is 9.30. The Hall–Kier alpha value is -0.780. The SMILES string of the molecule is [CH2]CCCc1ccc(C2CCCC2)cc1. The van der Waals surface area contributed by atoms with E-state index in [1.807, 2.05) is 0 Å². The van der Waals surface area contributed by atoms with Crippen LogP contribution in [0.4, 0.5) is 0 Å². The quantitative estimate of drug-likeness (QED) is 0.672. The van der Waals surface area contributed by atoms with Gasteiger partial charge in [0, 0.05) is 0 Å². The van der Waals surface area contributed by atoms with Crippen molar-refractivity contribution in [1.82, 2.24) is 0 Å². The molecular weight excluding hydrogens is 180 g/mol. The second kappa shape index (κ2) is 5.34. The van der Waals surface area contributed by atoms with Crippen LogP contribution in [0.15, 0.2) is 24.3 Å². The van der Waals surface area contributed by atoms with Gasteiger partial charge in [0.15, 0.2) is 0 Å². The van der Waals surface area contributed by atoms with Crippen LogP contribution >= 0.6 is 0 Å². The first kappa shape index (κ1) is 10.7. The lowest BCUT2D eigenvalue weighted by atomic mass is 9.96. The van der Waals surface area contributed by atoms with Crippen LogP contribution in [-0.4, -0.2) is 0 Å². The van der Waals surface area contributed by atoms with Gasteiger partial charge in [-0.05, 0) is 42.7 Å². The zero-order valence-corrected chi connectivity index (χ0v) is 9.54. The number of hydrogen-bond donors (Lipinski definition) is 0. The molecule has 1 aromatic rings. The van der Waals surface area contributed by atoms with E-state index in [9.17, 15) is 0 Å². The van der Waals surface area contributed by atoms with E-state index >= 15 is 0 Å². The monoisotopic (exact) mass is 201 g/mol. The van der Waals surface area contributed by atoms with Crippen LogP contribution in [0.2, 0.25) is 0 Å². The molecule has 15 heavy (non-hydrogen) atoms. The molecule has 1 aliphatic rings. The molecule has 0 spiro atoms. The number of unbranched alkanes of at least 4 members (excludes halogenated alkanes) is 1. The van der Waals surface area contributed by atoms with Crippen LogP contribution in [0.3, 0.4) is 0 Å². The van der Waals surface area contributed by atoms with Crippen molar-refractivity contribution in [3.05, 3.63) is 42.3 Å². The highest BCUT2D eigenvalue weighted by molar-refractivity contribution is 5.26. The Labute approximate surface area is 93.7 Å². The molecule has 1 aliphatic carbocycles. The average molecular weight is 201 g/mol. The molecule has 0 heteroatoms. The number of hydrogen-bond acceptors (Lipinski definition) is 0. The lowest BCUT2D eigenvalue weighted by Gasteiger charge is -2.10. The third-order valence-corrected chi connectivity index (χ3v) is 3.52. The molecule has 1 fully saturated rings. The van der Waals surface area contributed by atoms with Crippen LogP contribution in [-0.2, 0) is 6.42 Å². The van der Waals surface area contributed by atoms with Crippen LogP contribution < -0.4 is 0 Å². The Kier molecular flexibility index (Phi) is 3.82. The van der Waals surface area contributed by atoms with Crippen molar-refractivity contribution < 1.29 is 0 Å². The Morgan fingerprint density at radius 1 is 1.07 bits per heavy atom. The van der Waals surface area contributed by atoms with Gasteiger partial charge in [-0.2, -0.15) is 0 Å². The molecular formula is C15H21. The van der Waals surface area contributed by atoms with Gasteiger partial charge in [-0.25, -0.2) is 0 Å². The van der Waals surface area contributed by atoms with Gasteiger partial charge < -0.3 is 0 Å². The molecule has 0 aromatic heterocycles. The van der Waals surface area contributed by atoms with Crippen LogP contribution in [0.1, 0.15) is 55.6 Å². The van der Waals surface area contributed by atoms with Crippen molar-refractivity contribution in [3.8, 4) is 0 Å².